The van der Waals surface area contributed by atoms with E-state index in [0.29, 0.717) is 36.3 Å². The second-order valence-electron chi connectivity index (χ2n) is 4.20. The van der Waals surface area contributed by atoms with Crippen molar-refractivity contribution in [2.45, 2.75) is 19.4 Å². The highest BCUT2D eigenvalue weighted by atomic mass is 35.5. The molecule has 4 nitrogen and oxygen atoms in total. The largest absolute Gasteiger partial charge is 0.489 e. The van der Waals surface area contributed by atoms with Crippen LogP contribution in [0, 0.1) is 0 Å². The van der Waals surface area contributed by atoms with Crippen LogP contribution in [0.1, 0.15) is 25.0 Å². The number of nitrogens with one attached hydrogen (secondary N) is 1. The Bertz CT molecular complexity index is 411. The number of ether oxygens (including phenoxy) is 2. The van der Waals surface area contributed by atoms with Gasteiger partial charge in [-0.15, -0.1) is 0 Å². The van der Waals surface area contributed by atoms with E-state index >= 15 is 0 Å². The lowest BCUT2D eigenvalue weighted by atomic mass is 10.1. The fraction of sp³-hybridized carbons (Fsp3) is 0.538. The minimum absolute atomic E-state index is 0.486. The SMILES string of the molecule is CCNCC(O)c1cc(Cl)c2c(c1)OCCCO2. The minimum atomic E-state index is -0.598. The lowest BCUT2D eigenvalue weighted by molar-refractivity contribution is 0.175. The van der Waals surface area contributed by atoms with Gasteiger partial charge in [0, 0.05) is 13.0 Å². The van der Waals surface area contributed by atoms with Gasteiger partial charge in [0.15, 0.2) is 11.5 Å². The molecule has 1 aromatic rings. The van der Waals surface area contributed by atoms with E-state index in [2.05, 4.69) is 5.32 Å². The van der Waals surface area contributed by atoms with Crippen molar-refractivity contribution in [3.05, 3.63) is 22.7 Å². The van der Waals surface area contributed by atoms with E-state index in [1.165, 1.54) is 0 Å². The maximum absolute atomic E-state index is 10.0. The molecular formula is C13H18ClNO3. The number of aliphatic hydroxyl groups excluding tert-OH is 1. The summed E-state index contributed by atoms with van der Waals surface area (Å²) in [5, 5.41) is 13.6. The molecule has 0 saturated carbocycles. The van der Waals surface area contributed by atoms with Crippen LogP contribution in [0.15, 0.2) is 12.1 Å². The third-order valence-corrected chi connectivity index (χ3v) is 3.08. The third kappa shape index (κ3) is 3.07. The van der Waals surface area contributed by atoms with Crippen LogP contribution in [0.3, 0.4) is 0 Å². The predicted molar refractivity (Wildman–Crippen MR) is 70.6 cm³/mol. The maximum Gasteiger partial charge on any atom is 0.179 e. The van der Waals surface area contributed by atoms with Crippen molar-refractivity contribution < 1.29 is 14.6 Å². The summed E-state index contributed by atoms with van der Waals surface area (Å²) >= 11 is 6.16. The fourth-order valence-electron chi connectivity index (χ4n) is 1.84. The van der Waals surface area contributed by atoms with Gasteiger partial charge in [0.25, 0.3) is 0 Å². The molecule has 0 bridgehead atoms. The van der Waals surface area contributed by atoms with E-state index in [4.69, 9.17) is 21.1 Å². The van der Waals surface area contributed by atoms with Crippen molar-refractivity contribution in [1.29, 1.82) is 0 Å². The average Bonchev–Trinajstić information content (AvgIpc) is 2.61. The molecule has 0 spiro atoms. The number of hydrogen-bond acceptors (Lipinski definition) is 4. The van der Waals surface area contributed by atoms with Crippen LogP contribution in [-0.4, -0.2) is 31.4 Å². The first-order valence-electron chi connectivity index (χ1n) is 6.20. The van der Waals surface area contributed by atoms with E-state index in [-0.39, 0.29) is 0 Å². The van der Waals surface area contributed by atoms with E-state index in [0.717, 1.165) is 18.5 Å². The van der Waals surface area contributed by atoms with Crippen molar-refractivity contribution >= 4 is 11.6 Å². The van der Waals surface area contributed by atoms with Gasteiger partial charge in [-0.3, -0.25) is 0 Å². The molecule has 100 valence electrons. The van der Waals surface area contributed by atoms with Crippen LogP contribution in [0.5, 0.6) is 11.5 Å². The molecular weight excluding hydrogens is 254 g/mol. The van der Waals surface area contributed by atoms with E-state index < -0.39 is 6.10 Å². The Hall–Kier alpha value is -0.970. The molecule has 0 aromatic heterocycles. The van der Waals surface area contributed by atoms with Gasteiger partial charge in [-0.2, -0.15) is 0 Å². The zero-order valence-electron chi connectivity index (χ0n) is 10.4. The zero-order valence-corrected chi connectivity index (χ0v) is 11.2. The summed E-state index contributed by atoms with van der Waals surface area (Å²) in [6, 6.07) is 3.53. The standard InChI is InChI=1S/C13H18ClNO3/c1-2-15-8-11(16)9-6-10(14)13-12(7-9)17-4-3-5-18-13/h6-7,11,15-16H,2-5,8H2,1H3. The van der Waals surface area contributed by atoms with Crippen molar-refractivity contribution in [2.75, 3.05) is 26.3 Å². The van der Waals surface area contributed by atoms with Crippen LogP contribution in [0.25, 0.3) is 0 Å². The van der Waals surface area contributed by atoms with Crippen LogP contribution in [-0.2, 0) is 0 Å². The van der Waals surface area contributed by atoms with Crippen LogP contribution >= 0.6 is 11.6 Å². The number of rotatable bonds is 4. The first-order chi connectivity index (χ1) is 8.72. The van der Waals surface area contributed by atoms with E-state index in [1.54, 1.807) is 12.1 Å². The number of halogens is 1. The van der Waals surface area contributed by atoms with Crippen molar-refractivity contribution in [2.24, 2.45) is 0 Å². The Morgan fingerprint density at radius 3 is 2.94 bits per heavy atom. The van der Waals surface area contributed by atoms with Gasteiger partial charge in [-0.05, 0) is 24.2 Å². The van der Waals surface area contributed by atoms with Gasteiger partial charge in [0.05, 0.1) is 24.3 Å². The first kappa shape index (κ1) is 13.5. The third-order valence-electron chi connectivity index (χ3n) is 2.80. The Kier molecular flexibility index (Phi) is 4.69. The summed E-state index contributed by atoms with van der Waals surface area (Å²) in [5.74, 6) is 1.19. The fourth-order valence-corrected chi connectivity index (χ4v) is 2.12. The van der Waals surface area contributed by atoms with E-state index in [1.807, 2.05) is 6.92 Å². The van der Waals surface area contributed by atoms with Crippen LogP contribution in [0.2, 0.25) is 5.02 Å². The molecule has 0 amide bonds. The molecule has 0 radical (unpaired) electrons. The molecule has 1 aromatic carbocycles. The minimum Gasteiger partial charge on any atom is -0.489 e. The quantitative estimate of drug-likeness (QED) is 0.881. The molecule has 1 atom stereocenters. The highest BCUT2D eigenvalue weighted by molar-refractivity contribution is 6.32. The summed E-state index contributed by atoms with van der Waals surface area (Å²) in [6.07, 6.45) is 0.236. The normalized spacial score (nSPS) is 16.2. The lowest BCUT2D eigenvalue weighted by Gasteiger charge is -2.15. The lowest BCUT2D eigenvalue weighted by Crippen LogP contribution is -2.20. The first-order valence-corrected chi connectivity index (χ1v) is 6.58. The Balaban J connectivity index is 2.22. The summed E-state index contributed by atoms with van der Waals surface area (Å²) in [5.41, 5.74) is 0.741. The second-order valence-corrected chi connectivity index (χ2v) is 4.61. The number of fused-ring (bicyclic) bond motifs is 1. The van der Waals surface area contributed by atoms with Crippen LogP contribution in [0.4, 0.5) is 0 Å². The highest BCUT2D eigenvalue weighted by Gasteiger charge is 2.18. The monoisotopic (exact) mass is 271 g/mol. The smallest absolute Gasteiger partial charge is 0.179 e. The molecule has 0 saturated heterocycles. The summed E-state index contributed by atoms with van der Waals surface area (Å²) < 4.78 is 11.1. The number of benzene rings is 1. The van der Waals surface area contributed by atoms with Crippen molar-refractivity contribution in [1.82, 2.24) is 5.32 Å². The number of likely N-dealkylation sites (N-methyl/N-ethyl adjacent to an activating group) is 1. The van der Waals surface area contributed by atoms with Crippen LogP contribution < -0.4 is 14.8 Å². The molecule has 2 N–H and O–H groups in total. The van der Waals surface area contributed by atoms with Crippen molar-refractivity contribution in [3.8, 4) is 11.5 Å². The molecule has 1 aliphatic rings. The topological polar surface area (TPSA) is 50.7 Å². The van der Waals surface area contributed by atoms with Gasteiger partial charge in [0.2, 0.25) is 0 Å². The molecule has 1 aliphatic heterocycles. The second kappa shape index (κ2) is 6.27. The molecule has 18 heavy (non-hydrogen) atoms. The van der Waals surface area contributed by atoms with Gasteiger partial charge in [-0.1, -0.05) is 18.5 Å². The highest BCUT2D eigenvalue weighted by Crippen LogP contribution is 2.39. The Labute approximate surface area is 112 Å². The maximum atomic E-state index is 10.0. The van der Waals surface area contributed by atoms with Gasteiger partial charge in [0.1, 0.15) is 0 Å². The number of hydrogen-bond donors (Lipinski definition) is 2. The predicted octanol–water partition coefficient (Wildman–Crippen LogP) is 2.14. The van der Waals surface area contributed by atoms with Gasteiger partial charge >= 0.3 is 0 Å². The molecule has 1 unspecified atom stereocenters. The zero-order chi connectivity index (χ0) is 13.0. The summed E-state index contributed by atoms with van der Waals surface area (Å²) in [6.45, 7) is 4.51. The molecule has 5 heteroatoms. The molecule has 1 heterocycles. The Morgan fingerprint density at radius 2 is 2.17 bits per heavy atom. The van der Waals surface area contributed by atoms with Crippen molar-refractivity contribution in [3.63, 3.8) is 0 Å². The molecule has 2 rings (SSSR count). The van der Waals surface area contributed by atoms with Gasteiger partial charge in [-0.25, -0.2) is 0 Å². The Morgan fingerprint density at radius 1 is 1.39 bits per heavy atom. The average molecular weight is 272 g/mol. The summed E-state index contributed by atoms with van der Waals surface area (Å²) in [4.78, 5) is 0. The molecule has 0 aliphatic carbocycles. The summed E-state index contributed by atoms with van der Waals surface area (Å²) in [7, 11) is 0. The van der Waals surface area contributed by atoms with Gasteiger partial charge < -0.3 is 19.9 Å². The molecule has 0 fully saturated rings. The number of aliphatic hydroxyl groups is 1. The van der Waals surface area contributed by atoms with E-state index in [9.17, 15) is 5.11 Å².